The summed E-state index contributed by atoms with van der Waals surface area (Å²) < 4.78 is 20.5. The van der Waals surface area contributed by atoms with Crippen molar-refractivity contribution in [3.8, 4) is 0 Å². The van der Waals surface area contributed by atoms with Crippen LogP contribution in [0.1, 0.15) is 151 Å². The Labute approximate surface area is 333 Å². The predicted octanol–water partition coefficient (Wildman–Crippen LogP) is 11.9. The molecule has 0 spiro atoms. The zero-order chi connectivity index (χ0) is 39.7. The second kappa shape index (κ2) is 14.5. The Morgan fingerprint density at radius 3 is 2.33 bits per heavy atom. The molecular weight excluding hydrogens is 682 g/mol. The molecule has 0 aliphatic heterocycles. The number of halogens is 1. The van der Waals surface area contributed by atoms with Gasteiger partial charge in [0.25, 0.3) is 0 Å². The van der Waals surface area contributed by atoms with E-state index in [9.17, 15) is 14.3 Å². The number of carbonyl (C=O) groups is 1. The number of alkyl halides is 1. The Morgan fingerprint density at radius 1 is 0.927 bits per heavy atom. The van der Waals surface area contributed by atoms with Crippen LogP contribution in [0.4, 0.5) is 4.39 Å². The zero-order valence-corrected chi connectivity index (χ0v) is 35.8. The van der Waals surface area contributed by atoms with Crippen LogP contribution in [0, 0.1) is 56.7 Å². The molecule has 0 radical (unpaired) electrons. The number of hydrogen-bond acceptors (Lipinski definition) is 4. The number of allylic oxidation sites excluding steroid dienone is 5. The van der Waals surface area contributed by atoms with Crippen molar-refractivity contribution in [3.05, 3.63) is 71.3 Å². The van der Waals surface area contributed by atoms with Gasteiger partial charge >= 0.3 is 5.97 Å². The lowest BCUT2D eigenvalue weighted by atomic mass is 9.33. The van der Waals surface area contributed by atoms with E-state index >= 15 is 0 Å². The fourth-order valence-electron chi connectivity index (χ4n) is 14.8. The smallest absolute Gasteiger partial charge is 0.315 e. The molecular formula is C50H74FNO3. The number of rotatable bonds is 11. The van der Waals surface area contributed by atoms with Gasteiger partial charge in [0.15, 0.2) is 0 Å². The number of carbonyl (C=O) groups excluding carboxylic acids is 1. The second-order valence-corrected chi connectivity index (χ2v) is 21.6. The van der Waals surface area contributed by atoms with Crippen LogP contribution < -0.4 is 5.32 Å². The largest absolute Gasteiger partial charge is 0.460 e. The van der Waals surface area contributed by atoms with E-state index < -0.39 is 23.7 Å². The summed E-state index contributed by atoms with van der Waals surface area (Å²) in [6.45, 7) is 24.4. The summed E-state index contributed by atoms with van der Waals surface area (Å²) in [6.07, 6.45) is 19.6. The van der Waals surface area contributed by atoms with Gasteiger partial charge in [0.05, 0.1) is 11.0 Å². The van der Waals surface area contributed by atoms with Crippen LogP contribution in [0.15, 0.2) is 65.8 Å². The van der Waals surface area contributed by atoms with Crippen LogP contribution in [0.3, 0.4) is 0 Å². The summed E-state index contributed by atoms with van der Waals surface area (Å²) in [5, 5.41) is 14.6. The molecule has 0 amide bonds. The van der Waals surface area contributed by atoms with E-state index in [0.29, 0.717) is 42.4 Å². The topological polar surface area (TPSA) is 58.6 Å². The summed E-state index contributed by atoms with van der Waals surface area (Å²) in [6, 6.07) is 9.69. The Hall–Kier alpha value is -2.24. The molecule has 7 rings (SSSR count). The number of aliphatic hydroxyl groups is 1. The maximum atomic E-state index is 14.7. The third-order valence-corrected chi connectivity index (χ3v) is 17.9. The average molecular weight is 756 g/mol. The first-order chi connectivity index (χ1) is 25.9. The van der Waals surface area contributed by atoms with E-state index in [1.165, 1.54) is 68.1 Å². The van der Waals surface area contributed by atoms with Crippen LogP contribution in [-0.4, -0.2) is 35.4 Å². The van der Waals surface area contributed by atoms with Crippen molar-refractivity contribution >= 4 is 5.97 Å². The molecule has 1 aromatic carbocycles. The summed E-state index contributed by atoms with van der Waals surface area (Å²) in [7, 11) is 0. The van der Waals surface area contributed by atoms with E-state index in [-0.39, 0.29) is 33.8 Å². The number of fused-ring (bicyclic) bond motifs is 7. The molecule has 1 aromatic rings. The minimum absolute atomic E-state index is 0.00667. The number of benzene rings is 1. The molecule has 304 valence electrons. The number of esters is 1. The molecule has 0 saturated heterocycles. The minimum atomic E-state index is -1.08. The first-order valence-corrected chi connectivity index (χ1v) is 22.2. The standard InChI is InChI=1S/C50H74FNO3/c1-34(2)37-20-28-50(52-31-13-23-44(3,4)54)30-29-47(8)39(42(37)50)16-17-41-46(7)24-21-38(45(5,6)40(46)22-25-48(41,47)9)36-18-26-49(33-51,27-19-36)43(53)55-32-35-14-11-10-12-15-35/h10-12,14-15,18,21,37,39-42,52,54H,1,13,16-17,19-20,22-33H2,2-9H3/t37?,39-,40+,41-,42-,46+,47-,48-,49+,50+/m1/s1. The van der Waals surface area contributed by atoms with Crippen LogP contribution in [-0.2, 0) is 16.1 Å². The Bertz CT molecular complexity index is 1670. The molecule has 4 fully saturated rings. The van der Waals surface area contributed by atoms with Gasteiger partial charge in [-0.1, -0.05) is 89.3 Å². The van der Waals surface area contributed by atoms with Crippen molar-refractivity contribution in [2.45, 2.75) is 163 Å². The fraction of sp³-hybridized carbons (Fsp3) is 0.740. The van der Waals surface area contributed by atoms with E-state index in [4.69, 9.17) is 4.74 Å². The first kappa shape index (κ1) is 40.9. The quantitative estimate of drug-likeness (QED) is 0.134. The Morgan fingerprint density at radius 2 is 1.67 bits per heavy atom. The van der Waals surface area contributed by atoms with Crippen molar-refractivity contribution in [2.24, 2.45) is 56.7 Å². The van der Waals surface area contributed by atoms with Gasteiger partial charge in [0.1, 0.15) is 13.3 Å². The maximum Gasteiger partial charge on any atom is 0.315 e. The number of nitrogens with one attached hydrogen (secondary N) is 1. The Kier molecular flexibility index (Phi) is 10.8. The van der Waals surface area contributed by atoms with E-state index in [2.05, 4.69) is 65.6 Å². The van der Waals surface area contributed by atoms with Gasteiger partial charge in [-0.05, 0) is 185 Å². The highest BCUT2D eigenvalue weighted by Gasteiger charge is 2.70. The third kappa shape index (κ3) is 6.75. The maximum absolute atomic E-state index is 14.7. The molecule has 0 bridgehead atoms. The van der Waals surface area contributed by atoms with E-state index in [0.717, 1.165) is 37.8 Å². The molecule has 10 atom stereocenters. The summed E-state index contributed by atoms with van der Waals surface area (Å²) in [5.74, 6) is 2.77. The highest BCUT2D eigenvalue weighted by Crippen LogP contribution is 2.76. The minimum Gasteiger partial charge on any atom is -0.460 e. The molecule has 4 nitrogen and oxygen atoms in total. The molecule has 2 N–H and O–H groups in total. The predicted molar refractivity (Wildman–Crippen MR) is 223 cm³/mol. The van der Waals surface area contributed by atoms with Crippen LogP contribution in [0.5, 0.6) is 0 Å². The zero-order valence-electron chi connectivity index (χ0n) is 35.8. The SMILES string of the molecule is C=C(C)C1CC[C@]2(NCCCC(C)(C)O)CC[C@]3(C)[C@H](CC[C@@H]4[C@@]5(C)CC=C(C6=CC[C@](CF)(C(=O)OCc7ccccc7)CC6)C(C)(C)[C@@H]5CC[C@]43C)[C@@H]12. The molecule has 0 heterocycles. The molecule has 0 aromatic heterocycles. The van der Waals surface area contributed by atoms with E-state index in [1.807, 2.05) is 44.2 Å². The van der Waals surface area contributed by atoms with Gasteiger partial charge in [0, 0.05) is 5.54 Å². The van der Waals surface area contributed by atoms with Crippen molar-refractivity contribution in [1.82, 2.24) is 5.32 Å². The first-order valence-electron chi connectivity index (χ1n) is 22.2. The average Bonchev–Trinajstić information content (AvgIpc) is 3.53. The molecule has 1 unspecified atom stereocenters. The summed E-state index contributed by atoms with van der Waals surface area (Å²) in [4.78, 5) is 13.4. The van der Waals surface area contributed by atoms with Crippen LogP contribution >= 0.6 is 0 Å². The number of hydrogen-bond donors (Lipinski definition) is 2. The van der Waals surface area contributed by atoms with Gasteiger partial charge in [-0.3, -0.25) is 4.79 Å². The highest BCUT2D eigenvalue weighted by molar-refractivity contribution is 5.78. The van der Waals surface area contributed by atoms with Gasteiger partial charge in [0.2, 0.25) is 0 Å². The van der Waals surface area contributed by atoms with Gasteiger partial charge in [-0.25, -0.2) is 4.39 Å². The Balaban J connectivity index is 1.10. The molecule has 4 saturated carbocycles. The lowest BCUT2D eigenvalue weighted by Gasteiger charge is -2.72. The van der Waals surface area contributed by atoms with Gasteiger partial charge in [-0.15, -0.1) is 0 Å². The lowest BCUT2D eigenvalue weighted by molar-refractivity contribution is -0.221. The number of ether oxygens (including phenoxy) is 1. The van der Waals surface area contributed by atoms with Crippen LogP contribution in [0.2, 0.25) is 0 Å². The summed E-state index contributed by atoms with van der Waals surface area (Å²) >= 11 is 0. The molecule has 6 aliphatic carbocycles. The van der Waals surface area contributed by atoms with Crippen molar-refractivity contribution < 1.29 is 19.0 Å². The lowest BCUT2D eigenvalue weighted by Crippen LogP contribution is -2.68. The van der Waals surface area contributed by atoms with Crippen LogP contribution in [0.25, 0.3) is 0 Å². The van der Waals surface area contributed by atoms with Crippen molar-refractivity contribution in [1.29, 1.82) is 0 Å². The van der Waals surface area contributed by atoms with Gasteiger partial charge < -0.3 is 15.2 Å². The highest BCUT2D eigenvalue weighted by atomic mass is 19.1. The third-order valence-electron chi connectivity index (χ3n) is 17.9. The van der Waals surface area contributed by atoms with Crippen molar-refractivity contribution in [2.75, 3.05) is 13.2 Å². The molecule has 5 heteroatoms. The monoisotopic (exact) mass is 756 g/mol. The molecule has 55 heavy (non-hydrogen) atoms. The normalized spacial score (nSPS) is 40.8. The second-order valence-electron chi connectivity index (χ2n) is 21.6. The van der Waals surface area contributed by atoms with Gasteiger partial charge in [-0.2, -0.15) is 0 Å². The van der Waals surface area contributed by atoms with Crippen molar-refractivity contribution in [3.63, 3.8) is 0 Å². The fourth-order valence-corrected chi connectivity index (χ4v) is 14.8. The summed E-state index contributed by atoms with van der Waals surface area (Å²) in [5.41, 5.74) is 4.39. The van der Waals surface area contributed by atoms with E-state index in [1.54, 1.807) is 0 Å². The molecule has 6 aliphatic rings.